The quantitative estimate of drug-likeness (QED) is 0.455. The van der Waals surface area contributed by atoms with E-state index in [1.54, 1.807) is 6.20 Å². The maximum atomic E-state index is 13.7. The predicted molar refractivity (Wildman–Crippen MR) is 126 cm³/mol. The number of carbonyl (C=O) groups excluding carboxylic acids is 3. The Labute approximate surface area is 200 Å². The van der Waals surface area contributed by atoms with Gasteiger partial charge in [-0.1, -0.05) is 18.2 Å². The van der Waals surface area contributed by atoms with Gasteiger partial charge in [0.05, 0.1) is 6.54 Å². The van der Waals surface area contributed by atoms with Crippen LogP contribution >= 0.6 is 0 Å². The molecule has 1 fully saturated rings. The molecule has 10 heteroatoms. The van der Waals surface area contributed by atoms with E-state index in [1.165, 1.54) is 11.0 Å². The number of nitrogen functional groups attached to an aromatic ring is 1. The lowest BCUT2D eigenvalue weighted by Crippen LogP contribution is -2.50. The third kappa shape index (κ3) is 5.89. The molecule has 2 aromatic carbocycles. The fourth-order valence-corrected chi connectivity index (χ4v) is 4.07. The average Bonchev–Trinajstić information content (AvgIpc) is 3.23. The fraction of sp³-hybridized carbons (Fsp3) is 0.280. The maximum Gasteiger partial charge on any atom is 0.243 e. The lowest BCUT2D eigenvalue weighted by Gasteiger charge is -2.21. The second kappa shape index (κ2) is 10.5. The van der Waals surface area contributed by atoms with Crippen LogP contribution in [0.4, 0.5) is 14.6 Å². The molecule has 2 heterocycles. The number of halogens is 2. The van der Waals surface area contributed by atoms with Gasteiger partial charge >= 0.3 is 0 Å². The summed E-state index contributed by atoms with van der Waals surface area (Å²) in [5, 5.41) is 7.08. The first-order chi connectivity index (χ1) is 16.8. The van der Waals surface area contributed by atoms with E-state index < -0.39 is 29.5 Å². The summed E-state index contributed by atoms with van der Waals surface area (Å²) >= 11 is 0. The van der Waals surface area contributed by atoms with Gasteiger partial charge in [-0.2, -0.15) is 0 Å². The number of pyridine rings is 1. The molecule has 3 amide bonds. The number of fused-ring (bicyclic) bond motifs is 1. The molecule has 3 aromatic rings. The Balaban J connectivity index is 1.46. The number of aromatic nitrogens is 1. The molecule has 4 N–H and O–H groups in total. The Morgan fingerprint density at radius 1 is 1.09 bits per heavy atom. The van der Waals surface area contributed by atoms with Gasteiger partial charge in [0.15, 0.2) is 11.6 Å². The third-order valence-corrected chi connectivity index (χ3v) is 5.91. The molecule has 0 radical (unpaired) electrons. The Kier molecular flexibility index (Phi) is 7.19. The van der Waals surface area contributed by atoms with Gasteiger partial charge in [0.1, 0.15) is 11.9 Å². The lowest BCUT2D eigenvalue weighted by molar-refractivity contribution is -0.134. The van der Waals surface area contributed by atoms with Gasteiger partial charge in [-0.05, 0) is 47.2 Å². The highest BCUT2D eigenvalue weighted by atomic mass is 19.2. The number of rotatable bonds is 8. The molecule has 1 saturated heterocycles. The first-order valence-electron chi connectivity index (χ1n) is 11.2. The minimum absolute atomic E-state index is 0.0529. The van der Waals surface area contributed by atoms with Crippen molar-refractivity contribution in [2.45, 2.75) is 31.8 Å². The Hall–Kier alpha value is -4.08. The van der Waals surface area contributed by atoms with Crippen LogP contribution in [0.5, 0.6) is 0 Å². The topological polar surface area (TPSA) is 117 Å². The Bertz CT molecular complexity index is 1280. The number of hydrogen-bond donors (Lipinski definition) is 3. The molecular weight excluding hydrogens is 456 g/mol. The summed E-state index contributed by atoms with van der Waals surface area (Å²) in [5.74, 6) is -2.75. The van der Waals surface area contributed by atoms with Crippen molar-refractivity contribution in [3.63, 3.8) is 0 Å². The fourth-order valence-electron chi connectivity index (χ4n) is 4.07. The first-order valence-corrected chi connectivity index (χ1v) is 11.2. The number of benzene rings is 2. The number of carbonyl (C=O) groups is 3. The number of nitrogens with zero attached hydrogens (tertiary/aromatic N) is 2. The molecule has 0 aliphatic carbocycles. The van der Waals surface area contributed by atoms with Gasteiger partial charge in [0, 0.05) is 37.5 Å². The van der Waals surface area contributed by atoms with Gasteiger partial charge in [0.2, 0.25) is 17.7 Å². The summed E-state index contributed by atoms with van der Waals surface area (Å²) < 4.78 is 27.1. The third-order valence-electron chi connectivity index (χ3n) is 5.91. The van der Waals surface area contributed by atoms with Crippen LogP contribution in [0.25, 0.3) is 10.8 Å². The SMILES string of the molecule is Nc1nccc2cc(CNC(=O)[C@H](Cc3ccc(F)c(F)c3)NC(=O)CN3CCCC3=O)ccc12. The zero-order chi connectivity index (χ0) is 24.9. The minimum Gasteiger partial charge on any atom is -0.383 e. The number of nitrogens with two attached hydrogens (primary N) is 1. The van der Waals surface area contributed by atoms with Crippen LogP contribution in [0.3, 0.4) is 0 Å². The number of anilines is 1. The van der Waals surface area contributed by atoms with Gasteiger partial charge in [-0.25, -0.2) is 13.8 Å². The molecule has 0 saturated carbocycles. The molecule has 1 aromatic heterocycles. The van der Waals surface area contributed by atoms with E-state index in [0.717, 1.165) is 28.5 Å². The van der Waals surface area contributed by atoms with Gasteiger partial charge < -0.3 is 21.3 Å². The Morgan fingerprint density at radius 2 is 1.89 bits per heavy atom. The molecule has 0 unspecified atom stereocenters. The van der Waals surface area contributed by atoms with E-state index in [0.29, 0.717) is 30.8 Å². The second-order valence-electron chi connectivity index (χ2n) is 8.46. The van der Waals surface area contributed by atoms with Crippen molar-refractivity contribution in [3.8, 4) is 0 Å². The summed E-state index contributed by atoms with van der Waals surface area (Å²) in [6, 6.07) is 9.57. The largest absolute Gasteiger partial charge is 0.383 e. The zero-order valence-electron chi connectivity index (χ0n) is 18.9. The number of hydrogen-bond acceptors (Lipinski definition) is 5. The molecule has 1 atom stereocenters. The summed E-state index contributed by atoms with van der Waals surface area (Å²) in [6.45, 7) is 0.487. The molecule has 0 spiro atoms. The summed E-state index contributed by atoms with van der Waals surface area (Å²) in [6.07, 6.45) is 2.61. The van der Waals surface area contributed by atoms with Crippen LogP contribution in [0.1, 0.15) is 24.0 Å². The number of amides is 3. The molecule has 182 valence electrons. The van der Waals surface area contributed by atoms with Crippen LogP contribution in [-0.2, 0) is 27.3 Å². The highest BCUT2D eigenvalue weighted by molar-refractivity contribution is 5.92. The normalized spacial score (nSPS) is 14.2. The van der Waals surface area contributed by atoms with Crippen LogP contribution in [0.2, 0.25) is 0 Å². The maximum absolute atomic E-state index is 13.7. The number of likely N-dealkylation sites (tertiary alicyclic amines) is 1. The van der Waals surface area contributed by atoms with Crippen molar-refractivity contribution in [3.05, 3.63) is 71.4 Å². The minimum atomic E-state index is -1.05. The standard InChI is InChI=1S/C25H25F2N5O3/c26-19-6-4-15(11-20(19)27)12-21(31-22(33)14-32-9-1-2-23(32)34)25(35)30-13-16-3-5-18-17(10-16)7-8-29-24(18)28/h3-8,10-11,21H,1-2,9,12-14H2,(H2,28,29)(H,30,35)(H,31,33)/t21-/m0/s1. The summed E-state index contributed by atoms with van der Waals surface area (Å²) in [5.41, 5.74) is 7.02. The van der Waals surface area contributed by atoms with Crippen molar-refractivity contribution in [2.24, 2.45) is 0 Å². The van der Waals surface area contributed by atoms with Gasteiger partial charge in [-0.15, -0.1) is 0 Å². The van der Waals surface area contributed by atoms with E-state index >= 15 is 0 Å². The van der Waals surface area contributed by atoms with E-state index in [1.807, 2.05) is 24.3 Å². The van der Waals surface area contributed by atoms with E-state index in [2.05, 4.69) is 15.6 Å². The van der Waals surface area contributed by atoms with Crippen LogP contribution in [0.15, 0.2) is 48.7 Å². The van der Waals surface area contributed by atoms with Crippen molar-refractivity contribution < 1.29 is 23.2 Å². The van der Waals surface area contributed by atoms with E-state index in [4.69, 9.17) is 5.73 Å². The molecule has 8 nitrogen and oxygen atoms in total. The molecule has 4 rings (SSSR count). The molecule has 1 aliphatic rings. The van der Waals surface area contributed by atoms with Crippen LogP contribution in [-0.4, -0.2) is 46.7 Å². The molecule has 35 heavy (non-hydrogen) atoms. The summed E-state index contributed by atoms with van der Waals surface area (Å²) in [4.78, 5) is 42.9. The molecular formula is C25H25F2N5O3. The molecule has 1 aliphatic heterocycles. The zero-order valence-corrected chi connectivity index (χ0v) is 18.9. The average molecular weight is 482 g/mol. The first kappa shape index (κ1) is 24.1. The van der Waals surface area contributed by atoms with Crippen LogP contribution in [0, 0.1) is 11.6 Å². The van der Waals surface area contributed by atoms with Crippen LogP contribution < -0.4 is 16.4 Å². The highest BCUT2D eigenvalue weighted by Crippen LogP contribution is 2.20. The second-order valence-corrected chi connectivity index (χ2v) is 8.46. The smallest absolute Gasteiger partial charge is 0.243 e. The Morgan fingerprint density at radius 3 is 2.63 bits per heavy atom. The van der Waals surface area contributed by atoms with E-state index in [-0.39, 0.29) is 25.4 Å². The van der Waals surface area contributed by atoms with Crippen molar-refractivity contribution in [1.82, 2.24) is 20.5 Å². The monoisotopic (exact) mass is 481 g/mol. The predicted octanol–water partition coefficient (Wildman–Crippen LogP) is 2.06. The number of nitrogens with one attached hydrogen (secondary N) is 2. The lowest BCUT2D eigenvalue weighted by atomic mass is 10.0. The summed E-state index contributed by atoms with van der Waals surface area (Å²) in [7, 11) is 0. The van der Waals surface area contributed by atoms with Gasteiger partial charge in [-0.3, -0.25) is 14.4 Å². The highest BCUT2D eigenvalue weighted by Gasteiger charge is 2.26. The molecule has 0 bridgehead atoms. The van der Waals surface area contributed by atoms with E-state index in [9.17, 15) is 23.2 Å². The van der Waals surface area contributed by atoms with Gasteiger partial charge in [0.25, 0.3) is 0 Å². The van der Waals surface area contributed by atoms with Crippen molar-refractivity contribution in [1.29, 1.82) is 0 Å². The van der Waals surface area contributed by atoms with Crippen molar-refractivity contribution >= 4 is 34.3 Å². The van der Waals surface area contributed by atoms with Crippen molar-refractivity contribution in [2.75, 3.05) is 18.8 Å².